The molecule has 0 aliphatic carbocycles. The van der Waals surface area contributed by atoms with Crippen molar-refractivity contribution >= 4 is 11.5 Å². The van der Waals surface area contributed by atoms with Gasteiger partial charge in [0.15, 0.2) is 0 Å². The molecule has 0 bridgehead atoms. The van der Waals surface area contributed by atoms with Gasteiger partial charge in [-0.1, -0.05) is 0 Å². The molecule has 60 valence electrons. The summed E-state index contributed by atoms with van der Waals surface area (Å²) in [4.78, 5) is 16.9. The first-order chi connectivity index (χ1) is 5.86. The molecule has 0 radical (unpaired) electrons. The van der Waals surface area contributed by atoms with Crippen LogP contribution in [0.4, 0.5) is 0 Å². The van der Waals surface area contributed by atoms with Crippen LogP contribution in [0.25, 0.3) is 11.4 Å². The quantitative estimate of drug-likeness (QED) is 0.707. The minimum Gasteiger partial charge on any atom is -0.304 e. The van der Waals surface area contributed by atoms with Crippen molar-refractivity contribution in [2.24, 2.45) is 0 Å². The molecule has 1 N–H and O–H groups in total. The number of aromatic amines is 1. The molecule has 4 nitrogen and oxygen atoms in total. The lowest BCUT2D eigenvalue weighted by molar-refractivity contribution is 1.08. The van der Waals surface area contributed by atoms with E-state index in [0.717, 1.165) is 5.69 Å². The summed E-state index contributed by atoms with van der Waals surface area (Å²) in [5, 5.41) is 1.86. The van der Waals surface area contributed by atoms with Crippen molar-refractivity contribution < 1.29 is 0 Å². The third-order valence-corrected chi connectivity index (χ3v) is 1.95. The maximum Gasteiger partial charge on any atom is 0.345 e. The highest BCUT2D eigenvalue weighted by molar-refractivity contribution is 7.03. The van der Waals surface area contributed by atoms with E-state index >= 15 is 0 Å². The Balaban J connectivity index is 2.55. The van der Waals surface area contributed by atoms with Crippen LogP contribution in [0.1, 0.15) is 0 Å². The first-order valence-corrected chi connectivity index (χ1v) is 4.16. The van der Waals surface area contributed by atoms with Crippen LogP contribution in [-0.4, -0.2) is 14.3 Å². The molecule has 2 aromatic heterocycles. The summed E-state index contributed by atoms with van der Waals surface area (Å²) in [5.74, 6) is 0. The number of aromatic nitrogens is 3. The first-order valence-electron chi connectivity index (χ1n) is 3.32. The Morgan fingerprint density at radius 1 is 1.42 bits per heavy atom. The minimum atomic E-state index is -0.347. The average Bonchev–Trinajstić information content (AvgIpc) is 2.56. The van der Waals surface area contributed by atoms with E-state index in [0.29, 0.717) is 5.69 Å². The summed E-state index contributed by atoms with van der Waals surface area (Å²) in [7, 11) is 0. The fourth-order valence-electron chi connectivity index (χ4n) is 0.870. The molecule has 12 heavy (non-hydrogen) atoms. The van der Waals surface area contributed by atoms with Crippen molar-refractivity contribution in [2.75, 3.05) is 0 Å². The van der Waals surface area contributed by atoms with Gasteiger partial charge >= 0.3 is 5.69 Å². The van der Waals surface area contributed by atoms with Crippen LogP contribution in [0.15, 0.2) is 28.5 Å². The molecular formula is C7H5N3OS. The topological polar surface area (TPSA) is 58.6 Å². The smallest absolute Gasteiger partial charge is 0.304 e. The molecule has 2 rings (SSSR count). The normalized spacial score (nSPS) is 10.0. The van der Waals surface area contributed by atoms with E-state index in [-0.39, 0.29) is 5.69 Å². The Labute approximate surface area is 72.1 Å². The van der Waals surface area contributed by atoms with E-state index in [4.69, 9.17) is 0 Å². The summed E-state index contributed by atoms with van der Waals surface area (Å²) in [6.07, 6.45) is 1.47. The van der Waals surface area contributed by atoms with Crippen LogP contribution < -0.4 is 5.69 Å². The number of H-pyrrole nitrogens is 1. The van der Waals surface area contributed by atoms with Gasteiger partial charge in [0.05, 0.1) is 5.69 Å². The second-order valence-corrected chi connectivity index (χ2v) is 2.84. The monoisotopic (exact) mass is 179 g/mol. The molecular weight excluding hydrogens is 174 g/mol. The number of nitrogens with zero attached hydrogens (tertiary/aromatic N) is 2. The molecule has 2 heterocycles. The second-order valence-electron chi connectivity index (χ2n) is 2.17. The lowest BCUT2D eigenvalue weighted by Gasteiger charge is -1.92. The van der Waals surface area contributed by atoms with Crippen LogP contribution in [-0.2, 0) is 0 Å². The van der Waals surface area contributed by atoms with Crippen molar-refractivity contribution in [3.8, 4) is 11.4 Å². The molecule has 0 aromatic carbocycles. The predicted octanol–water partition coefficient (Wildman–Crippen LogP) is 0.893. The van der Waals surface area contributed by atoms with E-state index in [2.05, 4.69) is 14.3 Å². The fraction of sp³-hybridized carbons (Fsp3) is 0. The lowest BCUT2D eigenvalue weighted by atomic mass is 10.3. The summed E-state index contributed by atoms with van der Waals surface area (Å²) >= 11 is 1.35. The van der Waals surface area contributed by atoms with Gasteiger partial charge in [0, 0.05) is 11.6 Å². The zero-order valence-corrected chi connectivity index (χ0v) is 6.84. The summed E-state index contributed by atoms with van der Waals surface area (Å²) in [6, 6.07) is 3.56. The van der Waals surface area contributed by atoms with Crippen LogP contribution in [0.2, 0.25) is 0 Å². The molecule has 0 saturated heterocycles. The number of hydrogen-bond acceptors (Lipinski definition) is 4. The molecule has 0 atom stereocenters. The summed E-state index contributed by atoms with van der Waals surface area (Å²) in [5.41, 5.74) is 1.14. The van der Waals surface area contributed by atoms with E-state index < -0.39 is 0 Å². The highest BCUT2D eigenvalue weighted by atomic mass is 32.1. The van der Waals surface area contributed by atoms with E-state index in [1.165, 1.54) is 17.7 Å². The Kier molecular flexibility index (Phi) is 1.71. The predicted molar refractivity (Wildman–Crippen MR) is 46.0 cm³/mol. The first kappa shape index (κ1) is 7.17. The average molecular weight is 179 g/mol. The van der Waals surface area contributed by atoms with E-state index in [1.54, 1.807) is 6.07 Å². The fourth-order valence-corrected chi connectivity index (χ4v) is 1.39. The number of hydrogen-bond donors (Lipinski definition) is 1. The number of rotatable bonds is 1. The van der Waals surface area contributed by atoms with Crippen LogP contribution >= 0.6 is 11.5 Å². The molecule has 0 saturated carbocycles. The zero-order valence-electron chi connectivity index (χ0n) is 6.02. The molecule has 0 amide bonds. The van der Waals surface area contributed by atoms with Crippen molar-refractivity contribution in [3.05, 3.63) is 34.2 Å². The van der Waals surface area contributed by atoms with Gasteiger partial charge in [0.1, 0.15) is 5.69 Å². The second kappa shape index (κ2) is 2.86. The lowest BCUT2D eigenvalue weighted by Crippen LogP contribution is -2.09. The zero-order chi connectivity index (χ0) is 8.39. The maximum atomic E-state index is 10.8. The standard InChI is InChI=1S/C7H5N3OS/c11-7-8-3-1-5(9-7)6-2-4-12-10-6/h1-4H,(H,8,9,11). The van der Waals surface area contributed by atoms with E-state index in [1.807, 2.05) is 11.4 Å². The van der Waals surface area contributed by atoms with Gasteiger partial charge in [-0.15, -0.1) is 0 Å². The van der Waals surface area contributed by atoms with Gasteiger partial charge in [-0.2, -0.15) is 4.37 Å². The van der Waals surface area contributed by atoms with Crippen molar-refractivity contribution in [2.45, 2.75) is 0 Å². The third kappa shape index (κ3) is 1.26. The van der Waals surface area contributed by atoms with Gasteiger partial charge in [0.2, 0.25) is 0 Å². The van der Waals surface area contributed by atoms with Crippen LogP contribution in [0.5, 0.6) is 0 Å². The van der Waals surface area contributed by atoms with Gasteiger partial charge < -0.3 is 4.98 Å². The Bertz CT molecular complexity index is 420. The third-order valence-electron chi connectivity index (χ3n) is 1.39. The van der Waals surface area contributed by atoms with E-state index in [9.17, 15) is 4.79 Å². The highest BCUT2D eigenvalue weighted by Gasteiger charge is 1.98. The van der Waals surface area contributed by atoms with Crippen LogP contribution in [0.3, 0.4) is 0 Å². The minimum absolute atomic E-state index is 0.347. The molecule has 5 heteroatoms. The van der Waals surface area contributed by atoms with Gasteiger partial charge in [-0.05, 0) is 23.7 Å². The largest absolute Gasteiger partial charge is 0.345 e. The van der Waals surface area contributed by atoms with Crippen LogP contribution in [0, 0.1) is 0 Å². The molecule has 0 spiro atoms. The molecule has 0 aliphatic rings. The highest BCUT2D eigenvalue weighted by Crippen LogP contribution is 2.12. The SMILES string of the molecule is O=c1nccc(-c2ccsn2)[nH]1. The Morgan fingerprint density at radius 2 is 2.33 bits per heavy atom. The number of nitrogens with one attached hydrogen (secondary N) is 1. The summed E-state index contributed by atoms with van der Waals surface area (Å²) < 4.78 is 4.07. The maximum absolute atomic E-state index is 10.8. The molecule has 0 aliphatic heterocycles. The Hall–Kier alpha value is -1.49. The Morgan fingerprint density at radius 3 is 3.00 bits per heavy atom. The molecule has 2 aromatic rings. The van der Waals surface area contributed by atoms with Crippen molar-refractivity contribution in [3.63, 3.8) is 0 Å². The van der Waals surface area contributed by atoms with Gasteiger partial charge in [0.25, 0.3) is 0 Å². The van der Waals surface area contributed by atoms with Gasteiger partial charge in [-0.3, -0.25) is 0 Å². The molecule has 0 unspecified atom stereocenters. The van der Waals surface area contributed by atoms with Crippen molar-refractivity contribution in [1.82, 2.24) is 14.3 Å². The summed E-state index contributed by atoms with van der Waals surface area (Å²) in [6.45, 7) is 0. The molecule has 0 fully saturated rings. The van der Waals surface area contributed by atoms with Gasteiger partial charge in [-0.25, -0.2) is 9.78 Å². The van der Waals surface area contributed by atoms with Crippen molar-refractivity contribution in [1.29, 1.82) is 0 Å².